The summed E-state index contributed by atoms with van der Waals surface area (Å²) in [4.78, 5) is 11.7. The van der Waals surface area contributed by atoms with Crippen LogP contribution in [-0.2, 0) is 4.79 Å². The SMILES string of the molecule is CNCCC(=O)Nc1ccc(F)c(-n2nnnc2C2CC2)c1.Cl. The first-order chi connectivity index (χ1) is 10.7. The zero-order chi connectivity index (χ0) is 15.5. The molecule has 124 valence electrons. The summed E-state index contributed by atoms with van der Waals surface area (Å²) in [6.07, 6.45) is 2.38. The van der Waals surface area contributed by atoms with Crippen molar-refractivity contribution < 1.29 is 9.18 Å². The highest BCUT2D eigenvalue weighted by atomic mass is 35.5. The molecular formula is C14H18ClFN6O. The third kappa shape index (κ3) is 4.02. The van der Waals surface area contributed by atoms with Crippen LogP contribution in [0, 0.1) is 5.82 Å². The Bertz CT molecular complexity index is 688. The van der Waals surface area contributed by atoms with Crippen molar-refractivity contribution in [3.05, 3.63) is 29.8 Å². The zero-order valence-electron chi connectivity index (χ0n) is 12.6. The number of hydrogen-bond donors (Lipinski definition) is 2. The van der Waals surface area contributed by atoms with Gasteiger partial charge in [-0.2, -0.15) is 4.68 Å². The number of aromatic nitrogens is 4. The Morgan fingerprint density at radius 1 is 1.43 bits per heavy atom. The second-order valence-corrected chi connectivity index (χ2v) is 5.29. The van der Waals surface area contributed by atoms with Crippen LogP contribution < -0.4 is 10.6 Å². The van der Waals surface area contributed by atoms with Crippen molar-refractivity contribution in [2.24, 2.45) is 0 Å². The number of nitrogens with one attached hydrogen (secondary N) is 2. The fourth-order valence-electron chi connectivity index (χ4n) is 2.18. The average Bonchev–Trinajstić information content (AvgIpc) is 3.24. The van der Waals surface area contributed by atoms with E-state index in [4.69, 9.17) is 0 Å². The smallest absolute Gasteiger partial charge is 0.225 e. The molecule has 1 saturated carbocycles. The molecule has 0 aliphatic heterocycles. The van der Waals surface area contributed by atoms with Crippen molar-refractivity contribution in [2.45, 2.75) is 25.2 Å². The number of carbonyl (C=O) groups is 1. The molecule has 1 aromatic carbocycles. The molecule has 1 aromatic heterocycles. The Labute approximate surface area is 139 Å². The highest BCUT2D eigenvalue weighted by Gasteiger charge is 2.30. The molecule has 3 rings (SSSR count). The van der Waals surface area contributed by atoms with E-state index in [-0.39, 0.29) is 24.0 Å². The van der Waals surface area contributed by atoms with E-state index in [0.717, 1.165) is 12.8 Å². The van der Waals surface area contributed by atoms with Gasteiger partial charge in [0.1, 0.15) is 11.5 Å². The highest BCUT2D eigenvalue weighted by molar-refractivity contribution is 5.91. The molecule has 0 atom stereocenters. The molecule has 0 bridgehead atoms. The van der Waals surface area contributed by atoms with Crippen LogP contribution in [0.25, 0.3) is 5.69 Å². The minimum absolute atomic E-state index is 0. The van der Waals surface area contributed by atoms with Gasteiger partial charge in [0.2, 0.25) is 5.91 Å². The molecule has 1 aliphatic carbocycles. The predicted octanol–water partition coefficient (Wildman–Crippen LogP) is 1.65. The van der Waals surface area contributed by atoms with Gasteiger partial charge in [-0.15, -0.1) is 17.5 Å². The summed E-state index contributed by atoms with van der Waals surface area (Å²) in [6.45, 7) is 0.582. The van der Waals surface area contributed by atoms with Crippen molar-refractivity contribution >= 4 is 24.0 Å². The summed E-state index contributed by atoms with van der Waals surface area (Å²) in [7, 11) is 1.78. The van der Waals surface area contributed by atoms with Crippen LogP contribution in [-0.4, -0.2) is 39.7 Å². The van der Waals surface area contributed by atoms with Gasteiger partial charge in [-0.25, -0.2) is 4.39 Å². The van der Waals surface area contributed by atoms with Gasteiger partial charge in [0, 0.05) is 24.6 Å². The van der Waals surface area contributed by atoms with Crippen LogP contribution in [0.3, 0.4) is 0 Å². The van der Waals surface area contributed by atoms with Crippen LogP contribution >= 0.6 is 12.4 Å². The molecule has 2 aromatic rings. The van der Waals surface area contributed by atoms with E-state index in [9.17, 15) is 9.18 Å². The van der Waals surface area contributed by atoms with Gasteiger partial charge in [-0.1, -0.05) is 0 Å². The van der Waals surface area contributed by atoms with Crippen LogP contribution in [0.15, 0.2) is 18.2 Å². The van der Waals surface area contributed by atoms with E-state index in [0.29, 0.717) is 30.4 Å². The van der Waals surface area contributed by atoms with Crippen molar-refractivity contribution in [2.75, 3.05) is 18.9 Å². The first-order valence-corrected chi connectivity index (χ1v) is 7.21. The maximum absolute atomic E-state index is 14.1. The van der Waals surface area contributed by atoms with E-state index in [1.807, 2.05) is 0 Å². The summed E-state index contributed by atoms with van der Waals surface area (Å²) in [6, 6.07) is 4.38. The van der Waals surface area contributed by atoms with Crippen molar-refractivity contribution in [3.8, 4) is 5.69 Å². The maximum Gasteiger partial charge on any atom is 0.225 e. The minimum Gasteiger partial charge on any atom is -0.326 e. The Morgan fingerprint density at radius 3 is 2.91 bits per heavy atom. The molecule has 0 saturated heterocycles. The molecule has 0 unspecified atom stereocenters. The number of carbonyl (C=O) groups excluding carboxylic acids is 1. The molecule has 1 amide bonds. The van der Waals surface area contributed by atoms with Gasteiger partial charge < -0.3 is 10.6 Å². The van der Waals surface area contributed by atoms with E-state index in [1.165, 1.54) is 16.8 Å². The lowest BCUT2D eigenvalue weighted by Crippen LogP contribution is -2.19. The summed E-state index contributed by atoms with van der Waals surface area (Å²) in [5.41, 5.74) is 0.771. The van der Waals surface area contributed by atoms with Crippen molar-refractivity contribution in [1.29, 1.82) is 0 Å². The summed E-state index contributed by atoms with van der Waals surface area (Å²) in [5, 5.41) is 17.1. The van der Waals surface area contributed by atoms with Gasteiger partial charge in [-0.05, 0) is 48.5 Å². The largest absolute Gasteiger partial charge is 0.326 e. The molecule has 7 nitrogen and oxygen atoms in total. The minimum atomic E-state index is -0.428. The van der Waals surface area contributed by atoms with Gasteiger partial charge in [-0.3, -0.25) is 4.79 Å². The Balaban J connectivity index is 0.00000192. The number of amides is 1. The molecular weight excluding hydrogens is 323 g/mol. The molecule has 0 spiro atoms. The number of benzene rings is 1. The number of hydrogen-bond acceptors (Lipinski definition) is 5. The molecule has 9 heteroatoms. The van der Waals surface area contributed by atoms with E-state index in [1.54, 1.807) is 13.1 Å². The predicted molar refractivity (Wildman–Crippen MR) is 85.5 cm³/mol. The number of anilines is 1. The van der Waals surface area contributed by atoms with Crippen LogP contribution in [0.2, 0.25) is 0 Å². The molecule has 23 heavy (non-hydrogen) atoms. The van der Waals surface area contributed by atoms with Crippen molar-refractivity contribution in [3.63, 3.8) is 0 Å². The Hall–Kier alpha value is -2.06. The van der Waals surface area contributed by atoms with E-state index >= 15 is 0 Å². The number of tetrazole rings is 1. The standard InChI is InChI=1S/C14H17FN6O.ClH/c1-16-7-6-13(22)17-10-4-5-11(15)12(8-10)21-14(9-2-3-9)18-19-20-21;/h4-5,8-9,16H,2-3,6-7H2,1H3,(H,17,22);1H. The van der Waals surface area contributed by atoms with Gasteiger partial charge in [0.05, 0.1) is 0 Å². The van der Waals surface area contributed by atoms with Crippen LogP contribution in [0.1, 0.15) is 31.0 Å². The third-order valence-electron chi connectivity index (χ3n) is 3.50. The van der Waals surface area contributed by atoms with Crippen LogP contribution in [0.5, 0.6) is 0 Å². The molecule has 1 fully saturated rings. The molecule has 1 heterocycles. The lowest BCUT2D eigenvalue weighted by atomic mass is 10.2. The number of halogens is 2. The maximum atomic E-state index is 14.1. The summed E-state index contributed by atoms with van der Waals surface area (Å²) in [5.74, 6) is 0.397. The first kappa shape index (κ1) is 17.3. The van der Waals surface area contributed by atoms with E-state index in [2.05, 4.69) is 26.2 Å². The summed E-state index contributed by atoms with van der Waals surface area (Å²) >= 11 is 0. The lowest BCUT2D eigenvalue weighted by molar-refractivity contribution is -0.116. The molecule has 0 radical (unpaired) electrons. The van der Waals surface area contributed by atoms with Crippen LogP contribution in [0.4, 0.5) is 10.1 Å². The van der Waals surface area contributed by atoms with E-state index < -0.39 is 5.82 Å². The van der Waals surface area contributed by atoms with Gasteiger partial charge >= 0.3 is 0 Å². The number of rotatable bonds is 6. The first-order valence-electron chi connectivity index (χ1n) is 7.21. The normalized spacial score (nSPS) is 13.5. The Kier molecular flexibility index (Phi) is 5.62. The second kappa shape index (κ2) is 7.47. The third-order valence-corrected chi connectivity index (χ3v) is 3.50. The Morgan fingerprint density at radius 2 is 2.22 bits per heavy atom. The average molecular weight is 341 g/mol. The fraction of sp³-hybridized carbons (Fsp3) is 0.429. The highest BCUT2D eigenvalue weighted by Crippen LogP contribution is 2.39. The monoisotopic (exact) mass is 340 g/mol. The lowest BCUT2D eigenvalue weighted by Gasteiger charge is -2.09. The summed E-state index contributed by atoms with van der Waals surface area (Å²) < 4.78 is 15.5. The van der Waals surface area contributed by atoms with Gasteiger partial charge in [0.15, 0.2) is 5.82 Å². The topological polar surface area (TPSA) is 84.7 Å². The zero-order valence-corrected chi connectivity index (χ0v) is 13.4. The van der Waals surface area contributed by atoms with Crippen molar-refractivity contribution in [1.82, 2.24) is 25.5 Å². The quantitative estimate of drug-likeness (QED) is 0.835. The van der Waals surface area contributed by atoms with Gasteiger partial charge in [0.25, 0.3) is 0 Å². The second-order valence-electron chi connectivity index (χ2n) is 5.29. The molecule has 2 N–H and O–H groups in total. The molecule has 1 aliphatic rings. The number of nitrogens with zero attached hydrogens (tertiary/aromatic N) is 4. The fourth-order valence-corrected chi connectivity index (χ4v) is 2.18.